The quantitative estimate of drug-likeness (QED) is 0.375. The van der Waals surface area contributed by atoms with Gasteiger partial charge < -0.3 is 18.6 Å². The SMILES string of the molecule is CN(C)c1ccc(C(=O)OCc2cc(-c3ccco3)on2)cc1[N+](=O)[O-]. The van der Waals surface area contributed by atoms with E-state index in [0.29, 0.717) is 22.9 Å². The van der Waals surface area contributed by atoms with Crippen molar-refractivity contribution in [2.45, 2.75) is 6.61 Å². The van der Waals surface area contributed by atoms with Gasteiger partial charge in [0.25, 0.3) is 5.69 Å². The normalized spacial score (nSPS) is 10.5. The third-order valence-electron chi connectivity index (χ3n) is 3.56. The van der Waals surface area contributed by atoms with Crippen LogP contribution in [-0.2, 0) is 11.3 Å². The van der Waals surface area contributed by atoms with Crippen molar-refractivity contribution in [1.82, 2.24) is 5.16 Å². The van der Waals surface area contributed by atoms with Crippen molar-refractivity contribution in [3.05, 3.63) is 64.0 Å². The number of aromatic nitrogens is 1. The van der Waals surface area contributed by atoms with E-state index in [1.54, 1.807) is 37.2 Å². The summed E-state index contributed by atoms with van der Waals surface area (Å²) in [5.74, 6) is 0.220. The molecule has 2 aromatic heterocycles. The van der Waals surface area contributed by atoms with E-state index in [1.165, 1.54) is 24.5 Å². The molecule has 0 fully saturated rings. The first-order chi connectivity index (χ1) is 12.5. The lowest BCUT2D eigenvalue weighted by Gasteiger charge is -2.13. The molecule has 0 N–H and O–H groups in total. The summed E-state index contributed by atoms with van der Waals surface area (Å²) in [7, 11) is 3.36. The average Bonchev–Trinajstić information content (AvgIpc) is 3.30. The van der Waals surface area contributed by atoms with Crippen LogP contribution in [0.15, 0.2) is 51.6 Å². The Kier molecular flexibility index (Phi) is 4.70. The fourth-order valence-corrected chi connectivity index (χ4v) is 2.31. The Morgan fingerprint density at radius 2 is 2.08 bits per heavy atom. The number of carbonyl (C=O) groups excluding carboxylic acids is 1. The fraction of sp³-hybridized carbons (Fsp3) is 0.176. The number of carbonyl (C=O) groups is 1. The highest BCUT2D eigenvalue weighted by molar-refractivity contribution is 5.91. The van der Waals surface area contributed by atoms with E-state index < -0.39 is 10.9 Å². The van der Waals surface area contributed by atoms with Crippen molar-refractivity contribution in [2.24, 2.45) is 0 Å². The lowest BCUT2D eigenvalue weighted by atomic mass is 10.1. The molecular weight excluding hydrogens is 342 g/mol. The monoisotopic (exact) mass is 357 g/mol. The van der Waals surface area contributed by atoms with Crippen LogP contribution in [0.25, 0.3) is 11.5 Å². The zero-order valence-corrected chi connectivity index (χ0v) is 14.0. The molecular formula is C17H15N3O6. The van der Waals surface area contributed by atoms with Gasteiger partial charge in [-0.3, -0.25) is 10.1 Å². The van der Waals surface area contributed by atoms with Crippen LogP contribution in [0.4, 0.5) is 11.4 Å². The van der Waals surface area contributed by atoms with Crippen molar-refractivity contribution in [1.29, 1.82) is 0 Å². The largest absolute Gasteiger partial charge is 0.461 e. The van der Waals surface area contributed by atoms with Crippen LogP contribution >= 0.6 is 0 Å². The van der Waals surface area contributed by atoms with Gasteiger partial charge >= 0.3 is 5.97 Å². The molecule has 0 bridgehead atoms. The molecule has 0 saturated carbocycles. The Bertz CT molecular complexity index is 930. The number of anilines is 1. The Morgan fingerprint density at radius 3 is 2.73 bits per heavy atom. The van der Waals surface area contributed by atoms with Gasteiger partial charge in [0, 0.05) is 26.2 Å². The molecule has 0 unspecified atom stereocenters. The molecule has 26 heavy (non-hydrogen) atoms. The van der Waals surface area contributed by atoms with Gasteiger partial charge in [0.15, 0.2) is 5.76 Å². The lowest BCUT2D eigenvalue weighted by molar-refractivity contribution is -0.384. The van der Waals surface area contributed by atoms with Crippen LogP contribution in [0.2, 0.25) is 0 Å². The molecule has 0 aliphatic carbocycles. The summed E-state index contributed by atoms with van der Waals surface area (Å²) in [5, 5.41) is 15.0. The van der Waals surface area contributed by atoms with E-state index in [0.717, 1.165) is 0 Å². The second kappa shape index (κ2) is 7.09. The van der Waals surface area contributed by atoms with E-state index in [9.17, 15) is 14.9 Å². The number of hydrogen-bond acceptors (Lipinski definition) is 8. The molecule has 3 rings (SSSR count). The number of furan rings is 1. The predicted octanol–water partition coefficient (Wildman–Crippen LogP) is 3.27. The van der Waals surface area contributed by atoms with Crippen LogP contribution in [0.3, 0.4) is 0 Å². The lowest BCUT2D eigenvalue weighted by Crippen LogP contribution is -2.12. The van der Waals surface area contributed by atoms with E-state index in [2.05, 4.69) is 5.16 Å². The molecule has 0 amide bonds. The fourth-order valence-electron chi connectivity index (χ4n) is 2.31. The standard InChI is InChI=1S/C17H15N3O6/c1-19(2)13-6-5-11(8-14(13)20(22)23)17(21)25-10-12-9-16(26-18-12)15-4-3-7-24-15/h3-9H,10H2,1-2H3. The average molecular weight is 357 g/mol. The van der Waals surface area contributed by atoms with E-state index in [-0.39, 0.29) is 17.9 Å². The minimum absolute atomic E-state index is 0.0806. The summed E-state index contributed by atoms with van der Waals surface area (Å²) in [6, 6.07) is 9.17. The molecule has 0 atom stereocenters. The maximum Gasteiger partial charge on any atom is 0.338 e. The third kappa shape index (κ3) is 3.56. The number of benzene rings is 1. The maximum atomic E-state index is 12.2. The zero-order chi connectivity index (χ0) is 18.7. The highest BCUT2D eigenvalue weighted by Gasteiger charge is 2.20. The highest BCUT2D eigenvalue weighted by atomic mass is 16.6. The van der Waals surface area contributed by atoms with Crippen LogP contribution in [0, 0.1) is 10.1 Å². The van der Waals surface area contributed by atoms with Crippen molar-refractivity contribution in [3.63, 3.8) is 0 Å². The van der Waals surface area contributed by atoms with Gasteiger partial charge in [-0.2, -0.15) is 0 Å². The van der Waals surface area contributed by atoms with Crippen molar-refractivity contribution < 1.29 is 23.4 Å². The van der Waals surface area contributed by atoms with E-state index in [4.69, 9.17) is 13.7 Å². The molecule has 134 valence electrons. The summed E-state index contributed by atoms with van der Waals surface area (Å²) >= 11 is 0. The number of rotatable bonds is 6. The van der Waals surface area contributed by atoms with Crippen LogP contribution < -0.4 is 4.90 Å². The summed E-state index contributed by atoms with van der Waals surface area (Å²) in [6.45, 7) is -0.133. The molecule has 2 heterocycles. The maximum absolute atomic E-state index is 12.2. The Balaban J connectivity index is 1.70. The van der Waals surface area contributed by atoms with Crippen molar-refractivity contribution in [3.8, 4) is 11.5 Å². The third-order valence-corrected chi connectivity index (χ3v) is 3.56. The molecule has 3 aromatic rings. The number of hydrogen-bond donors (Lipinski definition) is 0. The molecule has 0 aliphatic rings. The first-order valence-corrected chi connectivity index (χ1v) is 7.58. The zero-order valence-electron chi connectivity index (χ0n) is 14.0. The first-order valence-electron chi connectivity index (χ1n) is 7.58. The molecule has 0 radical (unpaired) electrons. The van der Waals surface area contributed by atoms with Crippen molar-refractivity contribution in [2.75, 3.05) is 19.0 Å². The minimum Gasteiger partial charge on any atom is -0.461 e. The number of nitro groups is 1. The van der Waals surface area contributed by atoms with E-state index >= 15 is 0 Å². The smallest absolute Gasteiger partial charge is 0.338 e. The predicted molar refractivity (Wildman–Crippen MR) is 90.7 cm³/mol. The highest BCUT2D eigenvalue weighted by Crippen LogP contribution is 2.28. The molecule has 9 heteroatoms. The molecule has 1 aromatic carbocycles. The van der Waals surface area contributed by atoms with Crippen LogP contribution in [0.5, 0.6) is 0 Å². The van der Waals surface area contributed by atoms with Gasteiger partial charge in [0.05, 0.1) is 16.7 Å². The summed E-state index contributed by atoms with van der Waals surface area (Å²) in [6.07, 6.45) is 1.50. The summed E-state index contributed by atoms with van der Waals surface area (Å²) < 4.78 is 15.4. The second-order valence-corrected chi connectivity index (χ2v) is 5.59. The van der Waals surface area contributed by atoms with Crippen molar-refractivity contribution >= 4 is 17.3 Å². The van der Waals surface area contributed by atoms with Gasteiger partial charge in [0.1, 0.15) is 18.0 Å². The topological polar surface area (TPSA) is 112 Å². The minimum atomic E-state index is -0.694. The summed E-state index contributed by atoms with van der Waals surface area (Å²) in [5.41, 5.74) is 0.693. The molecule has 9 nitrogen and oxygen atoms in total. The van der Waals surface area contributed by atoms with Gasteiger partial charge in [-0.15, -0.1) is 0 Å². The van der Waals surface area contributed by atoms with Gasteiger partial charge in [0.2, 0.25) is 5.76 Å². The molecule has 0 aliphatic heterocycles. The second-order valence-electron chi connectivity index (χ2n) is 5.59. The number of nitro benzene ring substituents is 1. The number of esters is 1. The Labute approximate surface area is 147 Å². The van der Waals surface area contributed by atoms with Crippen LogP contribution in [-0.4, -0.2) is 30.1 Å². The van der Waals surface area contributed by atoms with E-state index in [1.807, 2.05) is 0 Å². The summed E-state index contributed by atoms with van der Waals surface area (Å²) in [4.78, 5) is 24.4. The molecule has 0 spiro atoms. The number of nitrogens with zero attached hydrogens (tertiary/aromatic N) is 3. The van der Waals surface area contributed by atoms with Crippen LogP contribution in [0.1, 0.15) is 16.1 Å². The van der Waals surface area contributed by atoms with Gasteiger partial charge in [-0.1, -0.05) is 5.16 Å². The first kappa shape index (κ1) is 17.2. The Morgan fingerprint density at radius 1 is 1.27 bits per heavy atom. The molecule has 0 saturated heterocycles. The van der Waals surface area contributed by atoms with Gasteiger partial charge in [-0.25, -0.2) is 4.79 Å². The van der Waals surface area contributed by atoms with Gasteiger partial charge in [-0.05, 0) is 24.3 Å². The number of ether oxygens (including phenoxy) is 1. The Hall–Kier alpha value is -3.62.